The molecule has 1 atom stereocenters. The van der Waals surface area contributed by atoms with E-state index < -0.39 is 29.6 Å². The van der Waals surface area contributed by atoms with E-state index in [4.69, 9.17) is 9.79 Å². The van der Waals surface area contributed by atoms with E-state index in [0.717, 1.165) is 11.6 Å². The van der Waals surface area contributed by atoms with Gasteiger partial charge in [0.2, 0.25) is 0 Å². The first kappa shape index (κ1) is 21.1. The maximum absolute atomic E-state index is 13.8. The third kappa shape index (κ3) is 5.41. The van der Waals surface area contributed by atoms with Crippen LogP contribution in [-0.2, 0) is 26.8 Å². The summed E-state index contributed by atoms with van der Waals surface area (Å²) in [5.41, 5.74) is -3.59. The molecule has 2 N–H and O–H groups in total. The third-order valence-electron chi connectivity index (χ3n) is 3.44. The van der Waals surface area contributed by atoms with Crippen LogP contribution in [0.15, 0.2) is 59.1 Å². The third-order valence-corrected chi connectivity index (χ3v) is 6.29. The lowest BCUT2D eigenvalue weighted by Crippen LogP contribution is -2.14. The summed E-state index contributed by atoms with van der Waals surface area (Å²) in [6.45, 7) is 0. The van der Waals surface area contributed by atoms with Gasteiger partial charge in [0.1, 0.15) is 0 Å². The van der Waals surface area contributed by atoms with E-state index in [2.05, 4.69) is 15.9 Å². The van der Waals surface area contributed by atoms with Gasteiger partial charge in [-0.15, -0.1) is 0 Å². The van der Waals surface area contributed by atoms with Crippen LogP contribution in [0, 0.1) is 0 Å². The molecule has 0 saturated heterocycles. The van der Waals surface area contributed by atoms with Gasteiger partial charge in [-0.1, -0.05) is 70.5 Å². The molecule has 0 saturated carbocycles. The number of hydrogen-bond acceptors (Lipinski definition) is 2. The SMILES string of the molecule is O=S(C/C=C/c1ccccc1)Cc1ccc(C(F)(F)P(=O)(O)O)c(Br)c1. The van der Waals surface area contributed by atoms with E-state index >= 15 is 0 Å². The Hall–Kier alpha value is -1.18. The molecule has 0 aromatic heterocycles. The van der Waals surface area contributed by atoms with E-state index in [1.807, 2.05) is 36.4 Å². The molecule has 0 aliphatic rings. The van der Waals surface area contributed by atoms with Crippen LogP contribution in [0.3, 0.4) is 0 Å². The van der Waals surface area contributed by atoms with Crippen LogP contribution >= 0.6 is 23.5 Å². The van der Waals surface area contributed by atoms with Gasteiger partial charge in [0.25, 0.3) is 0 Å². The zero-order chi connectivity index (χ0) is 19.4. The monoisotopic (exact) mass is 464 g/mol. The zero-order valence-electron chi connectivity index (χ0n) is 13.4. The fourth-order valence-corrected chi connectivity index (χ4v) is 4.47. The molecular weight excluding hydrogens is 449 g/mol. The van der Waals surface area contributed by atoms with Gasteiger partial charge < -0.3 is 9.79 Å². The lowest BCUT2D eigenvalue weighted by Gasteiger charge is -2.19. The van der Waals surface area contributed by atoms with Gasteiger partial charge >= 0.3 is 13.3 Å². The Bertz CT molecular complexity index is 868. The van der Waals surface area contributed by atoms with Crippen LogP contribution in [-0.4, -0.2) is 19.7 Å². The quantitative estimate of drug-likeness (QED) is 0.585. The van der Waals surface area contributed by atoms with Crippen molar-refractivity contribution in [2.45, 2.75) is 11.4 Å². The second-order valence-electron chi connectivity index (χ2n) is 5.46. The molecule has 140 valence electrons. The molecule has 2 rings (SSSR count). The molecule has 0 heterocycles. The average molecular weight is 465 g/mol. The van der Waals surface area contributed by atoms with Crippen molar-refractivity contribution in [3.05, 3.63) is 75.8 Å². The summed E-state index contributed by atoms with van der Waals surface area (Å²) in [6.07, 6.45) is 3.62. The maximum Gasteiger partial charge on any atom is 0.399 e. The van der Waals surface area contributed by atoms with Crippen LogP contribution < -0.4 is 0 Å². The number of rotatable bonds is 7. The molecule has 2 aromatic rings. The molecule has 1 unspecified atom stereocenters. The zero-order valence-corrected chi connectivity index (χ0v) is 16.7. The Balaban J connectivity index is 2.04. The topological polar surface area (TPSA) is 74.6 Å². The Morgan fingerprint density at radius 1 is 1.15 bits per heavy atom. The van der Waals surface area contributed by atoms with Crippen LogP contribution in [0.25, 0.3) is 6.08 Å². The molecule has 26 heavy (non-hydrogen) atoms. The van der Waals surface area contributed by atoms with Crippen molar-refractivity contribution in [3.63, 3.8) is 0 Å². The smallest absolute Gasteiger partial charge is 0.320 e. The Kier molecular flexibility index (Phi) is 7.05. The van der Waals surface area contributed by atoms with Crippen molar-refractivity contribution in [1.29, 1.82) is 0 Å². The number of hydrogen-bond donors (Lipinski definition) is 2. The maximum atomic E-state index is 13.8. The molecule has 9 heteroatoms. The van der Waals surface area contributed by atoms with Crippen molar-refractivity contribution in [2.75, 3.05) is 5.75 Å². The van der Waals surface area contributed by atoms with Crippen molar-refractivity contribution in [1.82, 2.24) is 0 Å². The molecule has 4 nitrogen and oxygen atoms in total. The Morgan fingerprint density at radius 3 is 2.38 bits per heavy atom. The van der Waals surface area contributed by atoms with Crippen molar-refractivity contribution < 1.29 is 27.3 Å². The van der Waals surface area contributed by atoms with E-state index in [1.165, 1.54) is 12.1 Å². The first-order valence-corrected chi connectivity index (χ1v) is 11.3. The molecule has 0 aliphatic heterocycles. The summed E-state index contributed by atoms with van der Waals surface area (Å²) in [6, 6.07) is 13.0. The molecule has 0 amide bonds. The summed E-state index contributed by atoms with van der Waals surface area (Å²) in [5.74, 6) is 0.437. The highest BCUT2D eigenvalue weighted by molar-refractivity contribution is 9.10. The fraction of sp³-hybridized carbons (Fsp3) is 0.176. The minimum absolute atomic E-state index is 0.138. The van der Waals surface area contributed by atoms with Gasteiger partial charge in [0.15, 0.2) is 0 Å². The highest BCUT2D eigenvalue weighted by Gasteiger charge is 2.51. The van der Waals surface area contributed by atoms with Gasteiger partial charge in [-0.05, 0) is 17.2 Å². The molecule has 0 fully saturated rings. The number of halogens is 3. The molecule has 0 spiro atoms. The first-order chi connectivity index (χ1) is 12.1. The second kappa shape index (κ2) is 8.67. The van der Waals surface area contributed by atoms with Crippen molar-refractivity contribution in [2.24, 2.45) is 0 Å². The largest absolute Gasteiger partial charge is 0.399 e. The summed E-state index contributed by atoms with van der Waals surface area (Å²) in [7, 11) is -6.88. The minimum Gasteiger partial charge on any atom is -0.320 e. The van der Waals surface area contributed by atoms with E-state index in [-0.39, 0.29) is 10.2 Å². The van der Waals surface area contributed by atoms with Crippen LogP contribution in [0.1, 0.15) is 16.7 Å². The molecular formula is C17H16BrF2O4PS. The van der Waals surface area contributed by atoms with Crippen LogP contribution in [0.2, 0.25) is 0 Å². The number of alkyl halides is 2. The Morgan fingerprint density at radius 2 is 1.81 bits per heavy atom. The normalized spacial score (nSPS) is 13.9. The summed E-state index contributed by atoms with van der Waals surface area (Å²) in [4.78, 5) is 17.6. The molecule has 0 aliphatic carbocycles. The van der Waals surface area contributed by atoms with Gasteiger partial charge in [0, 0.05) is 32.3 Å². The van der Waals surface area contributed by atoms with Crippen LogP contribution in [0.5, 0.6) is 0 Å². The van der Waals surface area contributed by atoms with Crippen LogP contribution in [0.4, 0.5) is 8.78 Å². The van der Waals surface area contributed by atoms with E-state index in [9.17, 15) is 17.6 Å². The fourth-order valence-electron chi connectivity index (χ4n) is 2.15. The van der Waals surface area contributed by atoms with Gasteiger partial charge in [0.05, 0.1) is 0 Å². The minimum atomic E-state index is -5.64. The van der Waals surface area contributed by atoms with E-state index in [1.54, 1.807) is 6.08 Å². The second-order valence-corrected chi connectivity index (χ2v) is 9.47. The highest BCUT2D eigenvalue weighted by Crippen LogP contribution is 2.60. The first-order valence-electron chi connectivity index (χ1n) is 7.40. The summed E-state index contributed by atoms with van der Waals surface area (Å²) >= 11 is 2.91. The van der Waals surface area contributed by atoms with Gasteiger partial charge in [-0.3, -0.25) is 8.77 Å². The van der Waals surface area contributed by atoms with Crippen molar-refractivity contribution >= 4 is 40.4 Å². The molecule has 0 radical (unpaired) electrons. The average Bonchev–Trinajstić information content (AvgIpc) is 2.54. The van der Waals surface area contributed by atoms with Gasteiger partial charge in [-0.2, -0.15) is 8.78 Å². The lowest BCUT2D eigenvalue weighted by molar-refractivity contribution is 0.0557. The Labute approximate surface area is 160 Å². The van der Waals surface area contributed by atoms with Gasteiger partial charge in [-0.25, -0.2) is 0 Å². The summed E-state index contributed by atoms with van der Waals surface area (Å²) < 4.78 is 50.5. The van der Waals surface area contributed by atoms with E-state index in [0.29, 0.717) is 11.3 Å². The molecule has 0 bridgehead atoms. The highest BCUT2D eigenvalue weighted by atomic mass is 79.9. The predicted octanol–water partition coefficient (Wildman–Crippen LogP) is 4.64. The standard InChI is InChI=1S/C17H16BrF2O4PS/c18-16-11-14(8-9-15(16)17(19,20)25(21,22)23)12-26(24)10-4-7-13-5-2-1-3-6-13/h1-9,11H,10,12H2,(H2,21,22,23)/b7-4+. The lowest BCUT2D eigenvalue weighted by atomic mass is 10.1. The van der Waals surface area contributed by atoms with Crippen molar-refractivity contribution in [3.8, 4) is 0 Å². The number of benzene rings is 2. The molecule has 2 aromatic carbocycles. The predicted molar refractivity (Wildman–Crippen MR) is 102 cm³/mol. The summed E-state index contributed by atoms with van der Waals surface area (Å²) in [5, 5.41) is 0.